The minimum Gasteiger partial charge on any atom is -0.356 e. The van der Waals surface area contributed by atoms with E-state index in [1.165, 1.54) is 0 Å². The van der Waals surface area contributed by atoms with Gasteiger partial charge in [0.1, 0.15) is 0 Å². The Balaban J connectivity index is 4.27. The molecule has 10 heteroatoms. The summed E-state index contributed by atoms with van der Waals surface area (Å²) in [5.74, 6) is -0.335. The summed E-state index contributed by atoms with van der Waals surface area (Å²) in [5, 5.41) is 0.300. The van der Waals surface area contributed by atoms with Crippen LogP contribution in [0.1, 0.15) is 33.1 Å². The number of allylic oxidation sites excluding steroid dienone is 2. The van der Waals surface area contributed by atoms with Gasteiger partial charge < -0.3 is 24.9 Å². The van der Waals surface area contributed by atoms with Crippen molar-refractivity contribution in [2.24, 2.45) is 0 Å². The van der Waals surface area contributed by atoms with Gasteiger partial charge in [-0.1, -0.05) is 11.6 Å². The van der Waals surface area contributed by atoms with Gasteiger partial charge in [0, 0.05) is 13.0 Å². The maximum Gasteiger partial charge on any atom is 0.340 e. The van der Waals surface area contributed by atoms with E-state index in [9.17, 15) is 13.9 Å². The molecule has 0 unspecified atom stereocenters. The second kappa shape index (κ2) is 8.08. The molecule has 0 saturated heterocycles. The molecule has 0 aliphatic carbocycles. The van der Waals surface area contributed by atoms with Gasteiger partial charge in [-0.05, 0) is 26.7 Å². The fraction of sp³-hybridized carbons (Fsp3) is 0.700. The van der Waals surface area contributed by atoms with Crippen molar-refractivity contribution in [1.82, 2.24) is 5.32 Å². The summed E-state index contributed by atoms with van der Waals surface area (Å²) in [5.41, 5.74) is 1.07. The molecule has 1 amide bonds. The highest BCUT2D eigenvalue weighted by Gasteiger charge is 2.42. The summed E-state index contributed by atoms with van der Waals surface area (Å²) in [6.45, 7) is 3.58. The first kappa shape index (κ1) is 19.5. The van der Waals surface area contributed by atoms with Gasteiger partial charge in [0.15, 0.2) is 5.40 Å². The Morgan fingerprint density at radius 1 is 1.15 bits per heavy atom. The average Bonchev–Trinajstić information content (AvgIpc) is 2.20. The van der Waals surface area contributed by atoms with E-state index in [0.717, 1.165) is 5.57 Å². The average molecular weight is 329 g/mol. The molecule has 0 aromatic heterocycles. The zero-order chi connectivity index (χ0) is 16.0. The second-order valence-electron chi connectivity index (χ2n) is 4.62. The third kappa shape index (κ3) is 8.64. The van der Waals surface area contributed by atoms with Gasteiger partial charge in [-0.3, -0.25) is 13.9 Å². The van der Waals surface area contributed by atoms with Gasteiger partial charge in [0.05, 0.1) is 0 Å². The van der Waals surface area contributed by atoms with Crippen LogP contribution in [0.4, 0.5) is 0 Å². The molecule has 0 bridgehead atoms. The Labute approximate surface area is 117 Å². The van der Waals surface area contributed by atoms with Crippen molar-refractivity contribution in [1.29, 1.82) is 0 Å². The molecule has 0 atom stereocenters. The van der Waals surface area contributed by atoms with Crippen LogP contribution in [0.15, 0.2) is 11.6 Å². The van der Waals surface area contributed by atoms with Crippen LogP contribution < -0.4 is 5.32 Å². The molecular formula is C10H21NO7P2. The molecule has 8 nitrogen and oxygen atoms in total. The summed E-state index contributed by atoms with van der Waals surface area (Å²) < 4.78 is 22.0. The molecule has 0 saturated carbocycles. The highest BCUT2D eigenvalue weighted by atomic mass is 31.2. The zero-order valence-corrected chi connectivity index (χ0v) is 13.2. The molecule has 0 aromatic rings. The maximum absolute atomic E-state index is 11.4. The number of nitrogens with one attached hydrogen (secondary N) is 1. The Morgan fingerprint density at radius 3 is 2.05 bits per heavy atom. The van der Waals surface area contributed by atoms with Crippen LogP contribution in [0.2, 0.25) is 0 Å². The number of hydrogen-bond donors (Lipinski definition) is 5. The molecule has 0 aliphatic rings. The fourth-order valence-electron chi connectivity index (χ4n) is 1.45. The van der Waals surface area contributed by atoms with Crippen LogP contribution >= 0.6 is 15.2 Å². The van der Waals surface area contributed by atoms with Crippen LogP contribution in [0.3, 0.4) is 0 Å². The lowest BCUT2D eigenvalue weighted by Gasteiger charge is -2.19. The highest BCUT2D eigenvalue weighted by molar-refractivity contribution is 7.70. The van der Waals surface area contributed by atoms with Crippen LogP contribution in [0.25, 0.3) is 0 Å². The molecule has 0 heterocycles. The number of amides is 1. The number of carbonyl (C=O) groups is 1. The molecule has 118 valence electrons. The number of rotatable bonds is 8. The predicted octanol–water partition coefficient (Wildman–Crippen LogP) is 0.921. The van der Waals surface area contributed by atoms with Crippen molar-refractivity contribution in [2.75, 3.05) is 6.54 Å². The summed E-state index contributed by atoms with van der Waals surface area (Å²) >= 11 is 0. The van der Waals surface area contributed by atoms with E-state index < -0.39 is 27.0 Å². The molecule has 5 N–H and O–H groups in total. The van der Waals surface area contributed by atoms with Crippen LogP contribution in [-0.2, 0) is 13.9 Å². The summed E-state index contributed by atoms with van der Waals surface area (Å²) in [6.07, 6.45) is 2.13. The Hall–Kier alpha value is -0.490. The topological polar surface area (TPSA) is 144 Å². The van der Waals surface area contributed by atoms with Crippen molar-refractivity contribution in [3.8, 4) is 0 Å². The Kier molecular flexibility index (Phi) is 7.88. The molecule has 0 radical (unpaired) electrons. The first-order valence-electron chi connectivity index (χ1n) is 5.95. The number of carbonyl (C=O) groups excluding carboxylic acids is 1. The van der Waals surface area contributed by atoms with Crippen molar-refractivity contribution in [2.45, 2.75) is 38.5 Å². The van der Waals surface area contributed by atoms with E-state index in [4.69, 9.17) is 19.6 Å². The first-order chi connectivity index (χ1) is 8.94. The van der Waals surface area contributed by atoms with Gasteiger partial charge in [-0.25, -0.2) is 0 Å². The van der Waals surface area contributed by atoms with Gasteiger partial charge >= 0.3 is 15.2 Å². The summed E-state index contributed by atoms with van der Waals surface area (Å²) in [6, 6.07) is 0. The molecule has 0 aliphatic heterocycles. The highest BCUT2D eigenvalue weighted by Crippen LogP contribution is 2.61. The molecular weight excluding hydrogens is 308 g/mol. The molecule has 0 spiro atoms. The molecule has 0 fully saturated rings. The Bertz CT molecular complexity index is 425. The van der Waals surface area contributed by atoms with E-state index in [1.807, 2.05) is 19.9 Å². The van der Waals surface area contributed by atoms with Crippen LogP contribution in [0.5, 0.6) is 0 Å². The lowest BCUT2D eigenvalue weighted by atomic mass is 10.2. The summed E-state index contributed by atoms with van der Waals surface area (Å²) in [4.78, 5) is 46.9. The standard InChI is InChI=1S/C10H21NO7P2/c1-8(2)4-3-5-9(12)11-7-6-10(19(13,14)15)20(16,17)18/h4,10H,3,5-7H2,1-2H3,(H,11,12)(H2,13,14,15)(H2,16,17,18). The van der Waals surface area contributed by atoms with Crippen molar-refractivity contribution >= 4 is 21.1 Å². The predicted molar refractivity (Wildman–Crippen MR) is 74.2 cm³/mol. The minimum atomic E-state index is -4.92. The molecule has 0 aromatic carbocycles. The van der Waals surface area contributed by atoms with Crippen LogP contribution in [0, 0.1) is 0 Å². The largest absolute Gasteiger partial charge is 0.356 e. The third-order valence-electron chi connectivity index (χ3n) is 2.43. The lowest BCUT2D eigenvalue weighted by molar-refractivity contribution is -0.121. The van der Waals surface area contributed by atoms with Gasteiger partial charge in [0.25, 0.3) is 0 Å². The van der Waals surface area contributed by atoms with E-state index in [-0.39, 0.29) is 18.9 Å². The summed E-state index contributed by atoms with van der Waals surface area (Å²) in [7, 11) is -9.83. The maximum atomic E-state index is 11.4. The van der Waals surface area contributed by atoms with Crippen molar-refractivity contribution in [3.05, 3.63) is 11.6 Å². The fourth-order valence-corrected chi connectivity index (χ4v) is 3.95. The monoisotopic (exact) mass is 329 g/mol. The van der Waals surface area contributed by atoms with E-state index >= 15 is 0 Å². The smallest absolute Gasteiger partial charge is 0.340 e. The lowest BCUT2D eigenvalue weighted by Crippen LogP contribution is -2.27. The van der Waals surface area contributed by atoms with Gasteiger partial charge in [-0.15, -0.1) is 0 Å². The quantitative estimate of drug-likeness (QED) is 0.329. The Morgan fingerprint density at radius 2 is 1.65 bits per heavy atom. The zero-order valence-electron chi connectivity index (χ0n) is 11.4. The normalized spacial score (nSPS) is 12.3. The minimum absolute atomic E-state index is 0.200. The van der Waals surface area contributed by atoms with E-state index in [2.05, 4.69) is 5.32 Å². The molecule has 20 heavy (non-hydrogen) atoms. The van der Waals surface area contributed by atoms with Crippen molar-refractivity contribution in [3.63, 3.8) is 0 Å². The first-order valence-corrected chi connectivity index (χ1v) is 9.31. The third-order valence-corrected chi connectivity index (χ3v) is 6.30. The van der Waals surface area contributed by atoms with Crippen LogP contribution in [-0.4, -0.2) is 37.4 Å². The molecule has 0 rings (SSSR count). The van der Waals surface area contributed by atoms with Crippen molar-refractivity contribution < 1.29 is 33.5 Å². The van der Waals surface area contributed by atoms with E-state index in [0.29, 0.717) is 6.42 Å². The van der Waals surface area contributed by atoms with Gasteiger partial charge in [0.2, 0.25) is 5.91 Å². The SMILES string of the molecule is CC(C)=CCCC(=O)NCCC(P(=O)(O)O)P(=O)(O)O. The van der Waals surface area contributed by atoms with E-state index in [1.54, 1.807) is 0 Å². The van der Waals surface area contributed by atoms with Gasteiger partial charge in [-0.2, -0.15) is 0 Å². The second-order valence-corrected chi connectivity index (χ2v) is 8.63. The number of hydrogen-bond acceptors (Lipinski definition) is 3.